The largest absolute Gasteiger partial charge is 0.303 e. The Morgan fingerprint density at radius 1 is 1.36 bits per heavy atom. The van der Waals surface area contributed by atoms with Crippen molar-refractivity contribution >= 4 is 0 Å². The van der Waals surface area contributed by atoms with E-state index in [4.69, 9.17) is 0 Å². The molecule has 0 amide bonds. The highest BCUT2D eigenvalue weighted by molar-refractivity contribution is 4.80. The minimum atomic E-state index is 0.503. The molecule has 0 unspecified atom stereocenters. The molecule has 1 nitrogen and oxygen atoms in total. The van der Waals surface area contributed by atoms with Gasteiger partial charge < -0.3 is 4.90 Å². The molecule has 1 saturated heterocycles. The fourth-order valence-electron chi connectivity index (χ4n) is 1.94. The summed E-state index contributed by atoms with van der Waals surface area (Å²) in [4.78, 5) is 2.51. The van der Waals surface area contributed by atoms with Gasteiger partial charge in [0.15, 0.2) is 0 Å². The van der Waals surface area contributed by atoms with Crippen LogP contribution in [-0.2, 0) is 0 Å². The molecule has 0 spiro atoms. The van der Waals surface area contributed by atoms with Crippen molar-refractivity contribution in [3.8, 4) is 0 Å². The fourth-order valence-corrected chi connectivity index (χ4v) is 1.94. The first kappa shape index (κ1) is 9.05. The van der Waals surface area contributed by atoms with E-state index in [9.17, 15) is 0 Å². The van der Waals surface area contributed by atoms with Crippen molar-refractivity contribution in [2.24, 2.45) is 5.41 Å². The van der Waals surface area contributed by atoms with Crippen LogP contribution < -0.4 is 0 Å². The number of hydrogen-bond donors (Lipinski definition) is 0. The average Bonchev–Trinajstić information content (AvgIpc) is 2.12. The quantitative estimate of drug-likeness (QED) is 0.562. The molecular formula is C10H21N. The maximum absolute atomic E-state index is 2.51. The summed E-state index contributed by atoms with van der Waals surface area (Å²) in [5.41, 5.74) is 0.503. The van der Waals surface area contributed by atoms with Gasteiger partial charge in [-0.2, -0.15) is 0 Å². The van der Waals surface area contributed by atoms with Crippen LogP contribution in [0.2, 0.25) is 0 Å². The summed E-state index contributed by atoms with van der Waals surface area (Å²) in [5.74, 6) is 0. The molecule has 0 aromatic heterocycles. The van der Waals surface area contributed by atoms with Gasteiger partial charge in [0, 0.05) is 6.04 Å². The molecule has 0 saturated carbocycles. The van der Waals surface area contributed by atoms with E-state index in [0.29, 0.717) is 5.41 Å². The van der Waals surface area contributed by atoms with Gasteiger partial charge in [0.1, 0.15) is 0 Å². The maximum Gasteiger partial charge on any atom is 0.00976 e. The van der Waals surface area contributed by atoms with Crippen molar-refractivity contribution in [1.82, 2.24) is 4.90 Å². The van der Waals surface area contributed by atoms with E-state index in [1.807, 2.05) is 0 Å². The third-order valence-electron chi connectivity index (χ3n) is 2.52. The normalized spacial score (nSPS) is 27.8. The van der Waals surface area contributed by atoms with Gasteiger partial charge in [-0.05, 0) is 38.3 Å². The van der Waals surface area contributed by atoms with Crippen molar-refractivity contribution < 1.29 is 0 Å². The third kappa shape index (κ3) is 2.82. The first-order chi connectivity index (χ1) is 4.99. The second-order valence-corrected chi connectivity index (χ2v) is 5.04. The summed E-state index contributed by atoms with van der Waals surface area (Å²) in [6.45, 7) is 8.30. The van der Waals surface area contributed by atoms with E-state index in [1.54, 1.807) is 0 Å². The molecule has 0 aliphatic carbocycles. The van der Waals surface area contributed by atoms with Crippen LogP contribution in [0, 0.1) is 5.41 Å². The van der Waals surface area contributed by atoms with E-state index in [-0.39, 0.29) is 0 Å². The van der Waals surface area contributed by atoms with Crippen LogP contribution in [0.25, 0.3) is 0 Å². The summed E-state index contributed by atoms with van der Waals surface area (Å²) in [6, 6.07) is 0.856. The van der Waals surface area contributed by atoms with Crippen molar-refractivity contribution in [3.63, 3.8) is 0 Å². The SMILES string of the molecule is CN1CCC[C@@H]1CC(C)(C)C. The lowest BCUT2D eigenvalue weighted by atomic mass is 9.87. The Morgan fingerprint density at radius 3 is 2.36 bits per heavy atom. The zero-order valence-corrected chi connectivity index (χ0v) is 8.35. The summed E-state index contributed by atoms with van der Waals surface area (Å²) >= 11 is 0. The van der Waals surface area contributed by atoms with Crippen molar-refractivity contribution in [1.29, 1.82) is 0 Å². The lowest BCUT2D eigenvalue weighted by Crippen LogP contribution is -2.29. The predicted octanol–water partition coefficient (Wildman–Crippen LogP) is 2.52. The highest BCUT2D eigenvalue weighted by Crippen LogP contribution is 2.28. The molecule has 0 N–H and O–H groups in total. The Labute approximate surface area is 70.8 Å². The summed E-state index contributed by atoms with van der Waals surface area (Å²) in [6.07, 6.45) is 4.16. The van der Waals surface area contributed by atoms with Crippen LogP contribution in [0.4, 0.5) is 0 Å². The Bertz CT molecular complexity index is 123. The Kier molecular flexibility index (Phi) is 2.58. The standard InChI is InChI=1S/C10H21N/c1-10(2,3)8-9-6-5-7-11(9)4/h9H,5-8H2,1-4H3/t9-/m1/s1. The molecular weight excluding hydrogens is 134 g/mol. The van der Waals surface area contributed by atoms with Gasteiger partial charge in [-0.15, -0.1) is 0 Å². The van der Waals surface area contributed by atoms with Gasteiger partial charge in [0.05, 0.1) is 0 Å². The second-order valence-electron chi connectivity index (χ2n) is 5.04. The van der Waals surface area contributed by atoms with E-state index < -0.39 is 0 Å². The van der Waals surface area contributed by atoms with Gasteiger partial charge in [-0.1, -0.05) is 20.8 Å². The molecule has 1 rings (SSSR count). The fraction of sp³-hybridized carbons (Fsp3) is 1.00. The lowest BCUT2D eigenvalue weighted by molar-refractivity contribution is 0.224. The molecule has 0 radical (unpaired) electrons. The van der Waals surface area contributed by atoms with Crippen LogP contribution in [0.1, 0.15) is 40.0 Å². The van der Waals surface area contributed by atoms with E-state index in [1.165, 1.54) is 25.8 Å². The van der Waals surface area contributed by atoms with Gasteiger partial charge in [0.2, 0.25) is 0 Å². The smallest absolute Gasteiger partial charge is 0.00976 e. The lowest BCUT2D eigenvalue weighted by Gasteiger charge is -2.27. The molecule has 66 valence electrons. The zero-order valence-electron chi connectivity index (χ0n) is 8.35. The molecule has 1 fully saturated rings. The minimum absolute atomic E-state index is 0.503. The minimum Gasteiger partial charge on any atom is -0.303 e. The topological polar surface area (TPSA) is 3.24 Å². The monoisotopic (exact) mass is 155 g/mol. The van der Waals surface area contributed by atoms with Crippen molar-refractivity contribution in [2.45, 2.75) is 46.1 Å². The van der Waals surface area contributed by atoms with Crippen LogP contribution in [0.15, 0.2) is 0 Å². The number of rotatable bonds is 1. The molecule has 0 aromatic rings. The van der Waals surface area contributed by atoms with Crippen LogP contribution >= 0.6 is 0 Å². The predicted molar refractivity (Wildman–Crippen MR) is 49.7 cm³/mol. The van der Waals surface area contributed by atoms with Crippen LogP contribution in [0.5, 0.6) is 0 Å². The van der Waals surface area contributed by atoms with Gasteiger partial charge in [-0.25, -0.2) is 0 Å². The highest BCUT2D eigenvalue weighted by atomic mass is 15.1. The van der Waals surface area contributed by atoms with Gasteiger partial charge in [-0.3, -0.25) is 0 Å². The molecule has 0 bridgehead atoms. The Morgan fingerprint density at radius 2 is 2.00 bits per heavy atom. The Hall–Kier alpha value is -0.0400. The number of hydrogen-bond acceptors (Lipinski definition) is 1. The maximum atomic E-state index is 2.51. The molecule has 1 aliphatic heterocycles. The first-order valence-electron chi connectivity index (χ1n) is 4.69. The van der Waals surface area contributed by atoms with Crippen LogP contribution in [-0.4, -0.2) is 24.5 Å². The molecule has 1 heteroatoms. The molecule has 11 heavy (non-hydrogen) atoms. The summed E-state index contributed by atoms with van der Waals surface area (Å²) < 4.78 is 0. The first-order valence-corrected chi connectivity index (χ1v) is 4.69. The summed E-state index contributed by atoms with van der Waals surface area (Å²) in [7, 11) is 2.25. The second kappa shape index (κ2) is 3.14. The molecule has 1 heterocycles. The number of likely N-dealkylation sites (tertiary alicyclic amines) is 1. The van der Waals surface area contributed by atoms with E-state index in [0.717, 1.165) is 6.04 Å². The highest BCUT2D eigenvalue weighted by Gasteiger charge is 2.25. The van der Waals surface area contributed by atoms with Gasteiger partial charge >= 0.3 is 0 Å². The van der Waals surface area contributed by atoms with E-state index in [2.05, 4.69) is 32.7 Å². The molecule has 1 atom stereocenters. The van der Waals surface area contributed by atoms with Crippen molar-refractivity contribution in [3.05, 3.63) is 0 Å². The van der Waals surface area contributed by atoms with Gasteiger partial charge in [0.25, 0.3) is 0 Å². The van der Waals surface area contributed by atoms with Crippen molar-refractivity contribution in [2.75, 3.05) is 13.6 Å². The summed E-state index contributed by atoms with van der Waals surface area (Å²) in [5, 5.41) is 0. The number of nitrogens with zero attached hydrogens (tertiary/aromatic N) is 1. The molecule has 0 aromatic carbocycles. The average molecular weight is 155 g/mol. The zero-order chi connectivity index (χ0) is 8.48. The Balaban J connectivity index is 2.37. The van der Waals surface area contributed by atoms with Crippen LogP contribution in [0.3, 0.4) is 0 Å². The van der Waals surface area contributed by atoms with E-state index >= 15 is 0 Å². The molecule has 1 aliphatic rings. The third-order valence-corrected chi connectivity index (χ3v) is 2.52.